The van der Waals surface area contributed by atoms with Crippen LogP contribution in [-0.2, 0) is 4.74 Å². The first kappa shape index (κ1) is 10.5. The summed E-state index contributed by atoms with van der Waals surface area (Å²) in [7, 11) is 2.14. The second kappa shape index (κ2) is 5.95. The van der Waals surface area contributed by atoms with Gasteiger partial charge in [0.2, 0.25) is 0 Å². The van der Waals surface area contributed by atoms with Gasteiger partial charge >= 0.3 is 0 Å². The maximum Gasteiger partial charge on any atom is 0.0622 e. The van der Waals surface area contributed by atoms with E-state index in [1.807, 2.05) is 0 Å². The second-order valence-corrected chi connectivity index (χ2v) is 3.61. The monoisotopic (exact) mass is 182 g/mol. The van der Waals surface area contributed by atoms with Gasteiger partial charge < -0.3 is 9.64 Å². The Balaban J connectivity index is 2.03. The van der Waals surface area contributed by atoms with E-state index in [0.29, 0.717) is 12.5 Å². The zero-order valence-corrected chi connectivity index (χ0v) is 8.33. The third kappa shape index (κ3) is 3.75. The molecule has 1 heterocycles. The molecule has 0 aromatic carbocycles. The molecule has 1 unspecified atom stereocenters. The smallest absolute Gasteiger partial charge is 0.0622 e. The first-order valence-corrected chi connectivity index (χ1v) is 4.99. The van der Waals surface area contributed by atoms with Crippen LogP contribution >= 0.6 is 0 Å². The van der Waals surface area contributed by atoms with Gasteiger partial charge in [0.15, 0.2) is 0 Å². The molecule has 0 N–H and O–H groups in total. The Hall–Kier alpha value is -0.590. The van der Waals surface area contributed by atoms with Gasteiger partial charge in [0.1, 0.15) is 0 Å². The molecule has 0 bridgehead atoms. The third-order valence-electron chi connectivity index (χ3n) is 2.58. The van der Waals surface area contributed by atoms with Gasteiger partial charge in [-0.2, -0.15) is 5.26 Å². The molecule has 1 fully saturated rings. The Kier molecular flexibility index (Phi) is 4.81. The standard InChI is InChI=1S/C10H18N2O/c1-12(7-4-2-3-6-11)10-5-8-13-9-10/h10H,2-5,7-9H2,1H3. The van der Waals surface area contributed by atoms with Crippen LogP contribution in [0.1, 0.15) is 25.7 Å². The number of nitriles is 1. The van der Waals surface area contributed by atoms with Crippen molar-refractivity contribution in [2.24, 2.45) is 0 Å². The average Bonchev–Trinajstić information content (AvgIpc) is 2.65. The topological polar surface area (TPSA) is 36.3 Å². The molecule has 1 aliphatic rings. The summed E-state index contributed by atoms with van der Waals surface area (Å²) in [6.45, 7) is 2.89. The molecule has 0 radical (unpaired) electrons. The highest BCUT2D eigenvalue weighted by Crippen LogP contribution is 2.11. The maximum absolute atomic E-state index is 8.36. The molecule has 0 aliphatic carbocycles. The summed E-state index contributed by atoms with van der Waals surface area (Å²) in [6.07, 6.45) is 4.00. The van der Waals surface area contributed by atoms with Crippen molar-refractivity contribution in [3.63, 3.8) is 0 Å². The van der Waals surface area contributed by atoms with Crippen LogP contribution in [0.4, 0.5) is 0 Å². The van der Waals surface area contributed by atoms with Crippen molar-refractivity contribution in [1.82, 2.24) is 4.90 Å². The van der Waals surface area contributed by atoms with Crippen molar-refractivity contribution in [3.05, 3.63) is 0 Å². The molecule has 3 heteroatoms. The van der Waals surface area contributed by atoms with Crippen molar-refractivity contribution in [2.75, 3.05) is 26.8 Å². The highest BCUT2D eigenvalue weighted by molar-refractivity contribution is 4.74. The number of hydrogen-bond donors (Lipinski definition) is 0. The summed E-state index contributed by atoms with van der Waals surface area (Å²) < 4.78 is 5.31. The van der Waals surface area contributed by atoms with Gasteiger partial charge in [-0.05, 0) is 32.9 Å². The molecule has 0 spiro atoms. The minimum Gasteiger partial charge on any atom is -0.380 e. The molecule has 0 aromatic rings. The Morgan fingerprint density at radius 2 is 2.38 bits per heavy atom. The fourth-order valence-corrected chi connectivity index (χ4v) is 1.62. The molecule has 1 atom stereocenters. The first-order valence-electron chi connectivity index (χ1n) is 4.99. The van der Waals surface area contributed by atoms with Crippen LogP contribution in [0.15, 0.2) is 0 Å². The minimum atomic E-state index is 0.613. The molecule has 13 heavy (non-hydrogen) atoms. The van der Waals surface area contributed by atoms with E-state index in [0.717, 1.165) is 39.0 Å². The zero-order valence-electron chi connectivity index (χ0n) is 8.33. The predicted molar refractivity (Wildman–Crippen MR) is 51.3 cm³/mol. The van der Waals surface area contributed by atoms with Gasteiger partial charge in [-0.3, -0.25) is 0 Å². The molecule has 1 saturated heterocycles. The summed E-state index contributed by atoms with van der Waals surface area (Å²) in [5.74, 6) is 0. The van der Waals surface area contributed by atoms with E-state index in [-0.39, 0.29) is 0 Å². The Morgan fingerprint density at radius 1 is 1.54 bits per heavy atom. The molecule has 0 saturated carbocycles. The fourth-order valence-electron chi connectivity index (χ4n) is 1.62. The molecule has 74 valence electrons. The van der Waals surface area contributed by atoms with Crippen molar-refractivity contribution < 1.29 is 4.74 Å². The third-order valence-corrected chi connectivity index (χ3v) is 2.58. The van der Waals surface area contributed by atoms with E-state index in [1.165, 1.54) is 0 Å². The Morgan fingerprint density at radius 3 is 3.00 bits per heavy atom. The second-order valence-electron chi connectivity index (χ2n) is 3.61. The van der Waals surface area contributed by atoms with Gasteiger partial charge in [0, 0.05) is 19.1 Å². The van der Waals surface area contributed by atoms with E-state index in [1.54, 1.807) is 0 Å². The van der Waals surface area contributed by atoms with Crippen molar-refractivity contribution in [1.29, 1.82) is 5.26 Å². The number of likely N-dealkylation sites (N-methyl/N-ethyl adjacent to an activating group) is 1. The molecular weight excluding hydrogens is 164 g/mol. The number of hydrogen-bond acceptors (Lipinski definition) is 3. The predicted octanol–water partition coefficient (Wildman–Crippen LogP) is 1.40. The van der Waals surface area contributed by atoms with Crippen LogP contribution in [0.5, 0.6) is 0 Å². The Bertz CT molecular complexity index is 170. The molecule has 1 rings (SSSR count). The van der Waals surface area contributed by atoms with E-state index in [4.69, 9.17) is 10.00 Å². The highest BCUT2D eigenvalue weighted by Gasteiger charge is 2.19. The molecule has 3 nitrogen and oxygen atoms in total. The summed E-state index contributed by atoms with van der Waals surface area (Å²) >= 11 is 0. The number of nitrogens with zero attached hydrogens (tertiary/aromatic N) is 2. The minimum absolute atomic E-state index is 0.613. The Labute approximate surface area is 80.3 Å². The highest BCUT2D eigenvalue weighted by atomic mass is 16.5. The summed E-state index contributed by atoms with van der Waals surface area (Å²) in [6, 6.07) is 2.78. The molecular formula is C10H18N2O. The van der Waals surface area contributed by atoms with Crippen molar-refractivity contribution in [3.8, 4) is 6.07 Å². The number of rotatable bonds is 5. The molecule has 1 aliphatic heterocycles. The van der Waals surface area contributed by atoms with E-state index in [9.17, 15) is 0 Å². The summed E-state index contributed by atoms with van der Waals surface area (Å²) in [5.41, 5.74) is 0. The van der Waals surface area contributed by atoms with Crippen LogP contribution in [0.3, 0.4) is 0 Å². The zero-order chi connectivity index (χ0) is 9.52. The van der Waals surface area contributed by atoms with Crippen LogP contribution in [-0.4, -0.2) is 37.7 Å². The maximum atomic E-state index is 8.36. The largest absolute Gasteiger partial charge is 0.380 e. The van der Waals surface area contributed by atoms with Gasteiger partial charge in [0.05, 0.1) is 12.7 Å². The number of ether oxygens (including phenoxy) is 1. The lowest BCUT2D eigenvalue weighted by Crippen LogP contribution is -2.32. The van der Waals surface area contributed by atoms with Gasteiger partial charge in [-0.1, -0.05) is 0 Å². The van der Waals surface area contributed by atoms with E-state index in [2.05, 4.69) is 18.0 Å². The summed E-state index contributed by atoms with van der Waals surface area (Å²) in [5, 5.41) is 8.36. The lowest BCUT2D eigenvalue weighted by Gasteiger charge is -2.22. The van der Waals surface area contributed by atoms with E-state index >= 15 is 0 Å². The van der Waals surface area contributed by atoms with Gasteiger partial charge in [-0.25, -0.2) is 0 Å². The van der Waals surface area contributed by atoms with E-state index < -0.39 is 0 Å². The quantitative estimate of drug-likeness (QED) is 0.603. The van der Waals surface area contributed by atoms with Crippen LogP contribution in [0.2, 0.25) is 0 Å². The van der Waals surface area contributed by atoms with Crippen molar-refractivity contribution >= 4 is 0 Å². The SMILES string of the molecule is CN(CCCCC#N)C1CCOC1. The number of unbranched alkanes of at least 4 members (excludes halogenated alkanes) is 2. The van der Waals surface area contributed by atoms with Gasteiger partial charge in [-0.15, -0.1) is 0 Å². The lowest BCUT2D eigenvalue weighted by atomic mass is 10.2. The fraction of sp³-hybridized carbons (Fsp3) is 0.900. The van der Waals surface area contributed by atoms with Crippen LogP contribution in [0, 0.1) is 11.3 Å². The van der Waals surface area contributed by atoms with Gasteiger partial charge in [0.25, 0.3) is 0 Å². The molecule has 0 amide bonds. The van der Waals surface area contributed by atoms with Crippen molar-refractivity contribution in [2.45, 2.75) is 31.7 Å². The first-order chi connectivity index (χ1) is 6.34. The normalized spacial score (nSPS) is 22.1. The lowest BCUT2D eigenvalue weighted by molar-refractivity contribution is 0.158. The van der Waals surface area contributed by atoms with Crippen LogP contribution < -0.4 is 0 Å². The molecule has 0 aromatic heterocycles. The van der Waals surface area contributed by atoms with Crippen LogP contribution in [0.25, 0.3) is 0 Å². The average molecular weight is 182 g/mol. The summed E-state index contributed by atoms with van der Waals surface area (Å²) in [4.78, 5) is 2.35.